The average Bonchev–Trinajstić information content (AvgIpc) is 2.63. The van der Waals surface area contributed by atoms with Gasteiger partial charge in [0, 0.05) is 18.5 Å². The second-order valence-corrected chi connectivity index (χ2v) is 7.07. The summed E-state index contributed by atoms with van der Waals surface area (Å²) in [6, 6.07) is 6.96. The SMILES string of the molecule is CCSc1nnc(-c2ccccc2NC(=O)[C@H]2CCC(=O)NC2)c(=O)[nH]1. The first-order valence-electron chi connectivity index (χ1n) is 8.35. The molecule has 9 heteroatoms. The number of benzene rings is 1. The van der Waals surface area contributed by atoms with Gasteiger partial charge in [0.2, 0.25) is 11.8 Å². The Kier molecular flexibility index (Phi) is 5.67. The topological polar surface area (TPSA) is 117 Å². The number of hydrogen-bond acceptors (Lipinski definition) is 6. The first-order valence-corrected chi connectivity index (χ1v) is 9.33. The first-order chi connectivity index (χ1) is 12.6. The van der Waals surface area contributed by atoms with E-state index in [4.69, 9.17) is 0 Å². The van der Waals surface area contributed by atoms with Crippen molar-refractivity contribution >= 4 is 29.3 Å². The summed E-state index contributed by atoms with van der Waals surface area (Å²) in [5.74, 6) is 0.240. The van der Waals surface area contributed by atoms with Crippen LogP contribution >= 0.6 is 11.8 Å². The lowest BCUT2D eigenvalue weighted by Crippen LogP contribution is -2.40. The van der Waals surface area contributed by atoms with Crippen LogP contribution in [-0.4, -0.2) is 39.3 Å². The largest absolute Gasteiger partial charge is 0.355 e. The van der Waals surface area contributed by atoms with Gasteiger partial charge in [-0.05, 0) is 18.2 Å². The van der Waals surface area contributed by atoms with E-state index < -0.39 is 0 Å². The standard InChI is InChI=1S/C17H19N5O3S/c1-2-26-17-20-16(25)14(21-22-17)11-5-3-4-6-12(11)19-15(24)10-7-8-13(23)18-9-10/h3-6,10H,2,7-9H2,1H3,(H,18,23)(H,19,24)(H,20,22,25)/t10-/m0/s1. The predicted octanol–water partition coefficient (Wildman–Crippen LogP) is 1.41. The summed E-state index contributed by atoms with van der Waals surface area (Å²) in [5.41, 5.74) is 0.786. The van der Waals surface area contributed by atoms with Crippen molar-refractivity contribution in [1.29, 1.82) is 0 Å². The number of anilines is 1. The number of amides is 2. The third kappa shape index (κ3) is 4.10. The van der Waals surface area contributed by atoms with E-state index >= 15 is 0 Å². The van der Waals surface area contributed by atoms with Crippen LogP contribution in [0.1, 0.15) is 19.8 Å². The highest BCUT2D eigenvalue weighted by molar-refractivity contribution is 7.99. The minimum atomic E-state index is -0.359. The number of piperidine rings is 1. The Hall–Kier alpha value is -2.68. The molecule has 0 spiro atoms. The molecular weight excluding hydrogens is 354 g/mol. The van der Waals surface area contributed by atoms with Crippen LogP contribution in [0.3, 0.4) is 0 Å². The van der Waals surface area contributed by atoms with Crippen molar-refractivity contribution in [2.75, 3.05) is 17.6 Å². The first kappa shape index (κ1) is 18.1. The van der Waals surface area contributed by atoms with Crippen LogP contribution in [0.5, 0.6) is 0 Å². The molecule has 1 fully saturated rings. The molecule has 2 heterocycles. The molecule has 0 radical (unpaired) electrons. The van der Waals surface area contributed by atoms with Gasteiger partial charge < -0.3 is 10.6 Å². The molecule has 26 heavy (non-hydrogen) atoms. The monoisotopic (exact) mass is 373 g/mol. The van der Waals surface area contributed by atoms with Gasteiger partial charge in [0.15, 0.2) is 10.9 Å². The Morgan fingerprint density at radius 3 is 2.81 bits per heavy atom. The third-order valence-electron chi connectivity index (χ3n) is 4.03. The molecule has 1 aromatic carbocycles. The number of aromatic amines is 1. The summed E-state index contributed by atoms with van der Waals surface area (Å²) < 4.78 is 0. The molecule has 1 aliphatic heterocycles. The molecule has 0 bridgehead atoms. The van der Waals surface area contributed by atoms with Crippen molar-refractivity contribution in [3.05, 3.63) is 34.6 Å². The van der Waals surface area contributed by atoms with Gasteiger partial charge in [0.25, 0.3) is 5.56 Å². The van der Waals surface area contributed by atoms with Crippen molar-refractivity contribution < 1.29 is 9.59 Å². The van der Waals surface area contributed by atoms with Gasteiger partial charge >= 0.3 is 0 Å². The quantitative estimate of drug-likeness (QED) is 0.682. The smallest absolute Gasteiger partial charge is 0.278 e. The highest BCUT2D eigenvalue weighted by atomic mass is 32.2. The van der Waals surface area contributed by atoms with Crippen LogP contribution in [0.25, 0.3) is 11.3 Å². The predicted molar refractivity (Wildman–Crippen MR) is 98.9 cm³/mol. The van der Waals surface area contributed by atoms with E-state index in [1.807, 2.05) is 6.92 Å². The third-order valence-corrected chi connectivity index (χ3v) is 4.78. The van der Waals surface area contributed by atoms with Gasteiger partial charge in [-0.2, -0.15) is 0 Å². The molecule has 8 nitrogen and oxygen atoms in total. The maximum Gasteiger partial charge on any atom is 0.278 e. The van der Waals surface area contributed by atoms with E-state index in [2.05, 4.69) is 25.8 Å². The summed E-state index contributed by atoms with van der Waals surface area (Å²) in [6.45, 7) is 2.27. The average molecular weight is 373 g/mol. The maximum absolute atomic E-state index is 12.5. The van der Waals surface area contributed by atoms with E-state index in [0.29, 0.717) is 35.8 Å². The van der Waals surface area contributed by atoms with Crippen LogP contribution < -0.4 is 16.2 Å². The minimum Gasteiger partial charge on any atom is -0.355 e. The van der Waals surface area contributed by atoms with Gasteiger partial charge in [-0.25, -0.2) is 0 Å². The van der Waals surface area contributed by atoms with Crippen molar-refractivity contribution in [2.24, 2.45) is 5.92 Å². The van der Waals surface area contributed by atoms with Crippen molar-refractivity contribution in [2.45, 2.75) is 24.9 Å². The fourth-order valence-electron chi connectivity index (χ4n) is 2.69. The van der Waals surface area contributed by atoms with Crippen molar-refractivity contribution in [3.63, 3.8) is 0 Å². The lowest BCUT2D eigenvalue weighted by atomic mass is 9.98. The van der Waals surface area contributed by atoms with E-state index in [-0.39, 0.29) is 29.0 Å². The zero-order valence-corrected chi connectivity index (χ0v) is 15.1. The molecule has 0 aliphatic carbocycles. The zero-order chi connectivity index (χ0) is 18.5. The number of carbonyl (C=O) groups excluding carboxylic acids is 2. The van der Waals surface area contributed by atoms with Crippen LogP contribution in [-0.2, 0) is 9.59 Å². The number of aromatic nitrogens is 3. The Bertz CT molecular complexity index is 873. The fourth-order valence-corrected chi connectivity index (χ4v) is 3.23. The molecule has 3 rings (SSSR count). The van der Waals surface area contributed by atoms with E-state index in [0.717, 1.165) is 5.75 Å². The summed E-state index contributed by atoms with van der Waals surface area (Å²) in [6.07, 6.45) is 0.838. The number of H-pyrrole nitrogens is 1. The van der Waals surface area contributed by atoms with Crippen LogP contribution in [0.15, 0.2) is 34.2 Å². The number of para-hydroxylation sites is 1. The number of carbonyl (C=O) groups is 2. The van der Waals surface area contributed by atoms with Gasteiger partial charge in [-0.15, -0.1) is 10.2 Å². The summed E-state index contributed by atoms with van der Waals surface area (Å²) in [4.78, 5) is 38.8. The summed E-state index contributed by atoms with van der Waals surface area (Å²) in [5, 5.41) is 14.1. The van der Waals surface area contributed by atoms with E-state index in [1.54, 1.807) is 24.3 Å². The lowest BCUT2D eigenvalue weighted by molar-refractivity contribution is -0.126. The highest BCUT2D eigenvalue weighted by Gasteiger charge is 2.25. The molecule has 2 amide bonds. The van der Waals surface area contributed by atoms with Gasteiger partial charge in [0.1, 0.15) is 0 Å². The second-order valence-electron chi connectivity index (χ2n) is 5.82. The number of hydrogen-bond donors (Lipinski definition) is 3. The maximum atomic E-state index is 12.5. The molecule has 2 aromatic rings. The molecule has 0 saturated carbocycles. The Morgan fingerprint density at radius 1 is 1.31 bits per heavy atom. The summed E-state index contributed by atoms with van der Waals surface area (Å²) in [7, 11) is 0. The fraction of sp³-hybridized carbons (Fsp3) is 0.353. The Morgan fingerprint density at radius 2 is 2.12 bits per heavy atom. The molecule has 136 valence electrons. The van der Waals surface area contributed by atoms with Crippen LogP contribution in [0.2, 0.25) is 0 Å². The highest BCUT2D eigenvalue weighted by Crippen LogP contribution is 2.25. The zero-order valence-electron chi connectivity index (χ0n) is 14.2. The molecule has 1 atom stereocenters. The van der Waals surface area contributed by atoms with E-state index in [1.165, 1.54) is 11.8 Å². The van der Waals surface area contributed by atoms with E-state index in [9.17, 15) is 14.4 Å². The van der Waals surface area contributed by atoms with Crippen molar-refractivity contribution in [3.8, 4) is 11.3 Å². The number of thioether (sulfide) groups is 1. The molecule has 0 unspecified atom stereocenters. The number of nitrogens with one attached hydrogen (secondary N) is 3. The molecule has 1 saturated heterocycles. The molecule has 1 aliphatic rings. The Labute approximate surface area is 154 Å². The number of nitrogens with zero attached hydrogens (tertiary/aromatic N) is 2. The second kappa shape index (κ2) is 8.13. The lowest BCUT2D eigenvalue weighted by Gasteiger charge is -2.22. The molecular formula is C17H19N5O3S. The van der Waals surface area contributed by atoms with Gasteiger partial charge in [0.05, 0.1) is 11.6 Å². The minimum absolute atomic E-state index is 0.0405. The number of rotatable bonds is 5. The summed E-state index contributed by atoms with van der Waals surface area (Å²) >= 11 is 1.39. The molecule has 1 aromatic heterocycles. The van der Waals surface area contributed by atoms with Crippen LogP contribution in [0.4, 0.5) is 5.69 Å². The van der Waals surface area contributed by atoms with Crippen LogP contribution in [0, 0.1) is 5.92 Å². The van der Waals surface area contributed by atoms with Crippen molar-refractivity contribution in [1.82, 2.24) is 20.5 Å². The Balaban J connectivity index is 1.83. The van der Waals surface area contributed by atoms with Gasteiger partial charge in [-0.1, -0.05) is 36.9 Å². The normalized spacial score (nSPS) is 16.8. The van der Waals surface area contributed by atoms with Gasteiger partial charge in [-0.3, -0.25) is 19.4 Å². The molecule has 3 N–H and O–H groups in total.